The Labute approximate surface area is 254 Å². The minimum atomic E-state index is -4.62. The molecule has 1 aliphatic heterocycles. The number of sulfone groups is 1. The molecule has 2 atom stereocenters. The summed E-state index contributed by atoms with van der Waals surface area (Å²) in [4.78, 5) is 39.0. The largest absolute Gasteiger partial charge is 0.484 e. The van der Waals surface area contributed by atoms with Gasteiger partial charge in [-0.15, -0.1) is 0 Å². The van der Waals surface area contributed by atoms with Gasteiger partial charge in [-0.25, -0.2) is 13.2 Å². The van der Waals surface area contributed by atoms with Crippen molar-refractivity contribution in [3.63, 3.8) is 0 Å². The molecule has 2 aliphatic carbocycles. The number of rotatable bonds is 9. The Bertz CT molecular complexity index is 1650. The number of nitriles is 1. The van der Waals surface area contributed by atoms with Crippen LogP contribution in [0.15, 0.2) is 47.4 Å². The maximum atomic E-state index is 14.0. The number of ether oxygens (including phenoxy) is 2. The number of carbonyl (C=O) groups is 3. The van der Waals surface area contributed by atoms with E-state index in [4.69, 9.17) is 22.1 Å². The lowest BCUT2D eigenvalue weighted by Gasteiger charge is -2.29. The Kier molecular flexibility index (Phi) is 7.96. The minimum Gasteiger partial charge on any atom is -0.484 e. The number of alkyl halides is 3. The number of primary amides is 1. The lowest BCUT2D eigenvalue weighted by atomic mass is 9.93. The number of carbonyl (C=O) groups excluding carboxylic acids is 3. The molecule has 44 heavy (non-hydrogen) atoms. The molecule has 3 amide bonds. The topological polar surface area (TPSA) is 169 Å². The molecule has 2 aromatic carbocycles. The van der Waals surface area contributed by atoms with Gasteiger partial charge in [0.15, 0.2) is 22.7 Å². The van der Waals surface area contributed by atoms with E-state index in [0.717, 1.165) is 23.1 Å². The van der Waals surface area contributed by atoms with E-state index in [1.165, 1.54) is 12.1 Å². The standard InChI is InChI=1S/C28H26ClF3N4O7S/c29-20-11-18(42-15-28(30,31)32)5-6-21(20)44(40,41)19-12-22(43-25(39)35-26(14-33)7-8-26)36(13-19)24(38)27(9-10-27)17-3-1-16(2-4-17)23(34)37/h1-6,11,19,22H,7-10,12-13,15H2,(H2,34,37)(H,35,39)/t19-,22+/m1/s1. The highest BCUT2D eigenvalue weighted by atomic mass is 35.5. The van der Waals surface area contributed by atoms with E-state index >= 15 is 0 Å². The quantitative estimate of drug-likeness (QED) is 0.413. The molecule has 2 saturated carbocycles. The van der Waals surface area contributed by atoms with Crippen LogP contribution in [0.5, 0.6) is 5.75 Å². The van der Waals surface area contributed by atoms with Gasteiger partial charge in [-0.2, -0.15) is 18.4 Å². The highest BCUT2D eigenvalue weighted by Crippen LogP contribution is 2.51. The Morgan fingerprint density at radius 2 is 1.77 bits per heavy atom. The molecule has 0 aromatic heterocycles. The van der Waals surface area contributed by atoms with Crippen LogP contribution in [0.3, 0.4) is 0 Å². The molecule has 1 saturated heterocycles. The molecule has 11 nitrogen and oxygen atoms in total. The molecule has 0 radical (unpaired) electrons. The molecule has 0 spiro atoms. The fourth-order valence-electron chi connectivity index (χ4n) is 5.18. The van der Waals surface area contributed by atoms with Crippen molar-refractivity contribution in [3.05, 3.63) is 58.6 Å². The van der Waals surface area contributed by atoms with Gasteiger partial charge < -0.3 is 25.4 Å². The zero-order valence-corrected chi connectivity index (χ0v) is 24.5. The fourth-order valence-corrected chi connectivity index (χ4v) is 7.39. The average Bonchev–Trinajstić information content (AvgIpc) is 3.88. The summed E-state index contributed by atoms with van der Waals surface area (Å²) in [5.41, 5.74) is 3.99. The first kappa shape index (κ1) is 31.4. The molecule has 0 bridgehead atoms. The minimum absolute atomic E-state index is 0.236. The van der Waals surface area contributed by atoms with Crippen LogP contribution in [0.25, 0.3) is 0 Å². The Morgan fingerprint density at radius 3 is 2.30 bits per heavy atom. The Morgan fingerprint density at radius 1 is 1.11 bits per heavy atom. The second-order valence-electron chi connectivity index (χ2n) is 11.1. The van der Waals surface area contributed by atoms with Crippen LogP contribution in [0.1, 0.15) is 48.0 Å². The summed E-state index contributed by atoms with van der Waals surface area (Å²) in [6.07, 6.45) is -5.62. The van der Waals surface area contributed by atoms with Crippen molar-refractivity contribution in [2.45, 2.75) is 65.6 Å². The van der Waals surface area contributed by atoms with Gasteiger partial charge in [-0.1, -0.05) is 23.7 Å². The number of benzene rings is 2. The number of likely N-dealkylation sites (tertiary alicyclic amines) is 1. The van der Waals surface area contributed by atoms with E-state index in [1.54, 1.807) is 12.1 Å². The fraction of sp³-hybridized carbons (Fsp3) is 0.429. The van der Waals surface area contributed by atoms with Gasteiger partial charge in [0.1, 0.15) is 11.3 Å². The second-order valence-corrected chi connectivity index (χ2v) is 13.7. The Balaban J connectivity index is 1.41. The van der Waals surface area contributed by atoms with E-state index in [2.05, 4.69) is 10.1 Å². The summed E-state index contributed by atoms with van der Waals surface area (Å²) in [6.45, 7) is -1.98. The van der Waals surface area contributed by atoms with E-state index < -0.39 is 67.9 Å². The highest BCUT2D eigenvalue weighted by Gasteiger charge is 2.57. The van der Waals surface area contributed by atoms with Gasteiger partial charge in [0.25, 0.3) is 0 Å². The molecule has 0 unspecified atom stereocenters. The molecule has 16 heteroatoms. The number of nitrogens with two attached hydrogens (primary N) is 1. The third-order valence-corrected chi connectivity index (χ3v) is 10.6. The number of alkyl carbamates (subject to hydrolysis) is 1. The maximum absolute atomic E-state index is 14.0. The number of amides is 3. The first-order valence-electron chi connectivity index (χ1n) is 13.4. The molecule has 3 aliphatic rings. The SMILES string of the molecule is N#CC1(NC(=O)O[C@H]2C[C@@H](S(=O)(=O)c3ccc(OCC(F)(F)F)cc3Cl)CN2C(=O)C2(c3ccc(C(N)=O)cc3)CC2)CC1. The molecule has 5 rings (SSSR count). The van der Waals surface area contributed by atoms with Gasteiger partial charge in [0.2, 0.25) is 11.8 Å². The summed E-state index contributed by atoms with van der Waals surface area (Å²) in [5, 5.41) is 10.1. The van der Waals surface area contributed by atoms with Crippen molar-refractivity contribution in [3.8, 4) is 11.8 Å². The van der Waals surface area contributed by atoms with Crippen molar-refractivity contribution in [1.29, 1.82) is 5.26 Å². The van der Waals surface area contributed by atoms with E-state index in [-0.39, 0.29) is 29.3 Å². The third kappa shape index (κ3) is 6.27. The Hall–Kier alpha value is -4.03. The average molecular weight is 655 g/mol. The predicted molar refractivity (Wildman–Crippen MR) is 147 cm³/mol. The predicted octanol–water partition coefficient (Wildman–Crippen LogP) is 3.59. The number of halogens is 4. The van der Waals surface area contributed by atoms with Crippen molar-refractivity contribution in [2.24, 2.45) is 5.73 Å². The monoisotopic (exact) mass is 654 g/mol. The van der Waals surface area contributed by atoms with Gasteiger partial charge in [-0.3, -0.25) is 9.59 Å². The van der Waals surface area contributed by atoms with Crippen LogP contribution in [0, 0.1) is 11.3 Å². The molecular weight excluding hydrogens is 629 g/mol. The maximum Gasteiger partial charge on any atom is 0.422 e. The molecule has 3 fully saturated rings. The van der Waals surface area contributed by atoms with Gasteiger partial charge in [0.05, 0.1) is 26.7 Å². The molecule has 1 heterocycles. The van der Waals surface area contributed by atoms with Crippen LogP contribution in [-0.2, 0) is 24.8 Å². The second kappa shape index (κ2) is 11.2. The number of nitrogens with zero attached hydrogens (tertiary/aromatic N) is 2. The van der Waals surface area contributed by atoms with Crippen LogP contribution >= 0.6 is 11.6 Å². The molecular formula is C28H26ClF3N4O7S. The molecule has 234 valence electrons. The third-order valence-electron chi connectivity index (χ3n) is 7.95. The van der Waals surface area contributed by atoms with Gasteiger partial charge >= 0.3 is 12.3 Å². The molecule has 3 N–H and O–H groups in total. The van der Waals surface area contributed by atoms with Crippen molar-refractivity contribution >= 4 is 39.3 Å². The lowest BCUT2D eigenvalue weighted by Crippen LogP contribution is -2.47. The summed E-state index contributed by atoms with van der Waals surface area (Å²) < 4.78 is 75.2. The summed E-state index contributed by atoms with van der Waals surface area (Å²) in [6, 6.07) is 11.1. The lowest BCUT2D eigenvalue weighted by molar-refractivity contribution is -0.153. The zero-order valence-electron chi connectivity index (χ0n) is 22.9. The highest BCUT2D eigenvalue weighted by molar-refractivity contribution is 7.92. The number of hydrogen-bond donors (Lipinski definition) is 2. The number of nitrogens with one attached hydrogen (secondary N) is 1. The van der Waals surface area contributed by atoms with Crippen LogP contribution in [-0.4, -0.2) is 67.6 Å². The van der Waals surface area contributed by atoms with E-state index in [1.807, 2.05) is 6.07 Å². The van der Waals surface area contributed by atoms with Crippen LogP contribution in [0.2, 0.25) is 5.02 Å². The number of hydrogen-bond acceptors (Lipinski definition) is 8. The van der Waals surface area contributed by atoms with Crippen molar-refractivity contribution in [1.82, 2.24) is 10.2 Å². The first-order chi connectivity index (χ1) is 20.6. The van der Waals surface area contributed by atoms with Crippen LogP contribution < -0.4 is 15.8 Å². The van der Waals surface area contributed by atoms with Crippen LogP contribution in [0.4, 0.5) is 18.0 Å². The smallest absolute Gasteiger partial charge is 0.422 e. The zero-order chi connectivity index (χ0) is 32.1. The summed E-state index contributed by atoms with van der Waals surface area (Å²) in [5.74, 6) is -1.44. The summed E-state index contributed by atoms with van der Waals surface area (Å²) in [7, 11) is -4.32. The first-order valence-corrected chi connectivity index (χ1v) is 15.4. The van der Waals surface area contributed by atoms with Gasteiger partial charge in [-0.05, 0) is 55.5 Å². The van der Waals surface area contributed by atoms with Crippen molar-refractivity contribution < 1.29 is 45.4 Å². The summed E-state index contributed by atoms with van der Waals surface area (Å²) >= 11 is 6.18. The molecule has 2 aromatic rings. The van der Waals surface area contributed by atoms with Gasteiger partial charge in [0, 0.05) is 24.6 Å². The van der Waals surface area contributed by atoms with Crippen molar-refractivity contribution in [2.75, 3.05) is 13.2 Å². The van der Waals surface area contributed by atoms with E-state index in [9.17, 15) is 41.2 Å². The normalized spacial score (nSPS) is 21.6. The van der Waals surface area contributed by atoms with E-state index in [0.29, 0.717) is 31.2 Å².